The molecule has 1 N–H and O–H groups in total. The van der Waals surface area contributed by atoms with Crippen molar-refractivity contribution in [2.45, 2.75) is 75.8 Å². The van der Waals surface area contributed by atoms with E-state index < -0.39 is 16.6 Å². The van der Waals surface area contributed by atoms with Crippen molar-refractivity contribution in [3.8, 4) is 0 Å². The summed E-state index contributed by atoms with van der Waals surface area (Å²) in [6.07, 6.45) is 6.88. The van der Waals surface area contributed by atoms with E-state index in [1.807, 2.05) is 22.8 Å². The summed E-state index contributed by atoms with van der Waals surface area (Å²) < 4.78 is 25.1. The second kappa shape index (κ2) is 13.9. The monoisotopic (exact) mass is 691 g/mol. The van der Waals surface area contributed by atoms with Gasteiger partial charge in [0.2, 0.25) is 0 Å². The molecule has 0 radical (unpaired) electrons. The van der Waals surface area contributed by atoms with E-state index in [1.165, 1.54) is 16.8 Å². The highest BCUT2D eigenvalue weighted by atomic mass is 31.2. The standard InChI is InChI=1S/C38H42N5O4PSi/c1-3-32-33(24-35(45-32)42-26-40-36-30(21-22-39-37(36)42)41-38(44)27-14-7-4-8-15-27)46-48-43-23-13-20-31(43)34(47-48)25-49(2,28-16-9-5-10-17-28)29-18-11-6-12-19-29/h4-12,14-19,21-22,26,31-35H,3,13,20,23-25H2,1-2H3,(H,39,41,44)/t31-,32+,33?,34+,35+,48-/m0/s1. The van der Waals surface area contributed by atoms with Gasteiger partial charge in [0.05, 0.1) is 30.3 Å². The van der Waals surface area contributed by atoms with Crippen LogP contribution in [0.2, 0.25) is 12.6 Å². The molecular formula is C38H42N5O4PSi. The molecule has 5 aromatic rings. The van der Waals surface area contributed by atoms with Crippen molar-refractivity contribution in [1.29, 1.82) is 0 Å². The van der Waals surface area contributed by atoms with Gasteiger partial charge >= 0.3 is 0 Å². The Bertz CT molecular complexity index is 1860. The number of rotatable bonds is 10. The third-order valence-corrected chi connectivity index (χ3v) is 16.7. The van der Waals surface area contributed by atoms with Gasteiger partial charge in [-0.2, -0.15) is 0 Å². The highest BCUT2D eigenvalue weighted by molar-refractivity contribution is 7.45. The number of hydrogen-bond acceptors (Lipinski definition) is 7. The zero-order chi connectivity index (χ0) is 33.4. The van der Waals surface area contributed by atoms with Crippen LogP contribution in [0.25, 0.3) is 11.2 Å². The molecule has 8 rings (SSSR count). The van der Waals surface area contributed by atoms with E-state index in [0.29, 0.717) is 34.9 Å². The minimum Gasteiger partial charge on any atom is -0.352 e. The number of anilines is 1. The molecule has 3 fully saturated rings. The average molecular weight is 692 g/mol. The number of aromatic nitrogens is 3. The van der Waals surface area contributed by atoms with Gasteiger partial charge in [-0.3, -0.25) is 9.36 Å². The van der Waals surface area contributed by atoms with Crippen molar-refractivity contribution in [2.75, 3.05) is 11.9 Å². The van der Waals surface area contributed by atoms with Gasteiger partial charge in [0.15, 0.2) is 5.65 Å². The molecule has 0 saturated carbocycles. The highest BCUT2D eigenvalue weighted by Crippen LogP contribution is 2.59. The van der Waals surface area contributed by atoms with Gasteiger partial charge in [-0.05, 0) is 43.5 Å². The Morgan fingerprint density at radius 1 is 0.959 bits per heavy atom. The Balaban J connectivity index is 0.997. The van der Waals surface area contributed by atoms with E-state index in [4.69, 9.17) is 13.8 Å². The van der Waals surface area contributed by atoms with Crippen LogP contribution < -0.4 is 15.7 Å². The molecule has 3 aliphatic heterocycles. The third-order valence-electron chi connectivity index (χ3n) is 10.4. The van der Waals surface area contributed by atoms with Crippen LogP contribution in [0.1, 0.15) is 49.2 Å². The summed E-state index contributed by atoms with van der Waals surface area (Å²) >= 11 is 0. The van der Waals surface area contributed by atoms with E-state index in [9.17, 15) is 4.79 Å². The number of carbonyl (C=O) groups is 1. The first-order valence-corrected chi connectivity index (χ1v) is 21.2. The first-order valence-electron chi connectivity index (χ1n) is 17.4. The molecular weight excluding hydrogens is 650 g/mol. The molecule has 9 nitrogen and oxygen atoms in total. The van der Waals surface area contributed by atoms with Gasteiger partial charge in [-0.15, -0.1) is 0 Å². The molecule has 252 valence electrons. The van der Waals surface area contributed by atoms with Gasteiger partial charge in [-0.1, -0.05) is 103 Å². The first-order chi connectivity index (χ1) is 24.0. The molecule has 1 unspecified atom stereocenters. The SMILES string of the molecule is CC[C@H]1O[C@@H](n2cnc3c(NC(=O)c4ccccc4)ccnc32)CC1O[P@@]1O[C@H](C[Si](C)(c2ccccc2)c2ccccc2)[C@@H]2CCCN21. The number of benzene rings is 3. The number of pyridine rings is 1. The topological polar surface area (TPSA) is 90.7 Å². The lowest BCUT2D eigenvalue weighted by molar-refractivity contribution is -0.0152. The normalized spacial score (nSPS) is 25.5. The van der Waals surface area contributed by atoms with E-state index in [-0.39, 0.29) is 30.4 Å². The Morgan fingerprint density at radius 2 is 1.65 bits per heavy atom. The van der Waals surface area contributed by atoms with Gasteiger partial charge in [0.1, 0.15) is 19.8 Å². The zero-order valence-corrected chi connectivity index (χ0v) is 29.8. The van der Waals surface area contributed by atoms with Crippen LogP contribution in [0.3, 0.4) is 0 Å². The summed E-state index contributed by atoms with van der Waals surface area (Å²) in [5.74, 6) is -0.188. The number of amides is 1. The maximum Gasteiger partial charge on any atom is 0.259 e. The van der Waals surface area contributed by atoms with E-state index in [2.05, 4.69) is 94.1 Å². The minimum atomic E-state index is -2.09. The second-order valence-electron chi connectivity index (χ2n) is 13.4. The smallest absolute Gasteiger partial charge is 0.259 e. The van der Waals surface area contributed by atoms with Crippen molar-refractivity contribution in [1.82, 2.24) is 19.2 Å². The van der Waals surface area contributed by atoms with Crippen LogP contribution in [0.15, 0.2) is 110 Å². The molecule has 11 heteroatoms. The molecule has 0 spiro atoms. The lowest BCUT2D eigenvalue weighted by atomic mass is 10.1. The zero-order valence-electron chi connectivity index (χ0n) is 27.9. The number of nitrogens with one attached hydrogen (secondary N) is 1. The molecule has 0 bridgehead atoms. The van der Waals surface area contributed by atoms with Crippen molar-refractivity contribution in [3.05, 3.63) is 115 Å². The van der Waals surface area contributed by atoms with E-state index in [1.54, 1.807) is 30.7 Å². The summed E-state index contributed by atoms with van der Waals surface area (Å²) in [5.41, 5.74) is 2.50. The number of hydrogen-bond donors (Lipinski definition) is 1. The molecule has 1 amide bonds. The predicted molar refractivity (Wildman–Crippen MR) is 196 cm³/mol. The Labute approximate surface area is 289 Å². The summed E-state index contributed by atoms with van der Waals surface area (Å²) in [7, 11) is -3.31. The van der Waals surface area contributed by atoms with E-state index in [0.717, 1.165) is 25.4 Å². The molecule has 0 aliphatic carbocycles. The van der Waals surface area contributed by atoms with Crippen molar-refractivity contribution >= 4 is 49.7 Å². The van der Waals surface area contributed by atoms with Crippen LogP contribution in [-0.2, 0) is 13.8 Å². The average Bonchev–Trinajstić information content (AvgIpc) is 3.95. The van der Waals surface area contributed by atoms with Crippen molar-refractivity contribution in [3.63, 3.8) is 0 Å². The largest absolute Gasteiger partial charge is 0.352 e. The molecule has 3 aliphatic rings. The fraction of sp³-hybridized carbons (Fsp3) is 0.342. The highest BCUT2D eigenvalue weighted by Gasteiger charge is 2.51. The van der Waals surface area contributed by atoms with Crippen LogP contribution in [0.4, 0.5) is 5.69 Å². The van der Waals surface area contributed by atoms with Crippen LogP contribution >= 0.6 is 8.53 Å². The molecule has 3 aromatic carbocycles. The predicted octanol–water partition coefficient (Wildman–Crippen LogP) is 6.75. The molecule has 49 heavy (non-hydrogen) atoms. The van der Waals surface area contributed by atoms with Crippen molar-refractivity contribution < 1.29 is 18.6 Å². The number of imidazole rings is 1. The van der Waals surface area contributed by atoms with Crippen molar-refractivity contribution in [2.24, 2.45) is 0 Å². The maximum atomic E-state index is 12.9. The number of fused-ring (bicyclic) bond motifs is 2. The Kier molecular flexibility index (Phi) is 9.18. The fourth-order valence-corrected chi connectivity index (χ4v) is 13.7. The summed E-state index contributed by atoms with van der Waals surface area (Å²) in [6, 6.07) is 34.4. The minimum absolute atomic E-state index is 0.0807. The quantitative estimate of drug-likeness (QED) is 0.128. The molecule has 6 atom stereocenters. The van der Waals surface area contributed by atoms with Gasteiger partial charge in [-0.25, -0.2) is 14.6 Å². The lowest BCUT2D eigenvalue weighted by Crippen LogP contribution is -2.58. The lowest BCUT2D eigenvalue weighted by Gasteiger charge is -2.32. The van der Waals surface area contributed by atoms with Crippen LogP contribution in [0.5, 0.6) is 0 Å². The third kappa shape index (κ3) is 6.26. The van der Waals surface area contributed by atoms with Gasteiger partial charge in [0, 0.05) is 30.8 Å². The second-order valence-corrected chi connectivity index (χ2v) is 19.1. The number of ether oxygens (including phenoxy) is 1. The van der Waals surface area contributed by atoms with Crippen LogP contribution in [-0.4, -0.2) is 64.1 Å². The molecule has 2 aromatic heterocycles. The van der Waals surface area contributed by atoms with Crippen LogP contribution in [0, 0.1) is 0 Å². The molecule has 3 saturated heterocycles. The Morgan fingerprint density at radius 3 is 2.35 bits per heavy atom. The summed E-state index contributed by atoms with van der Waals surface area (Å²) in [6.45, 7) is 5.64. The maximum absolute atomic E-state index is 12.9. The summed E-state index contributed by atoms with van der Waals surface area (Å²) in [5, 5.41) is 5.88. The van der Waals surface area contributed by atoms with Gasteiger partial charge in [0.25, 0.3) is 14.4 Å². The van der Waals surface area contributed by atoms with E-state index >= 15 is 0 Å². The summed E-state index contributed by atoms with van der Waals surface area (Å²) in [4.78, 5) is 22.2. The first kappa shape index (κ1) is 32.4. The molecule has 5 heterocycles. The number of carbonyl (C=O) groups excluding carboxylic acids is 1. The number of nitrogens with zero attached hydrogens (tertiary/aromatic N) is 4. The van der Waals surface area contributed by atoms with Gasteiger partial charge < -0.3 is 19.1 Å². The fourth-order valence-electron chi connectivity index (χ4n) is 7.77. The Hall–Kier alpha value is -3.76.